The Kier molecular flexibility index (Phi) is 3.92. The van der Waals surface area contributed by atoms with E-state index in [9.17, 15) is 0 Å². The molecule has 0 bridgehead atoms. The minimum Gasteiger partial charge on any atom is -0.464 e. The fraction of sp³-hybridized carbons (Fsp3) is 0.231. The van der Waals surface area contributed by atoms with Crippen LogP contribution < -0.4 is 5.32 Å². The molecule has 17 heavy (non-hydrogen) atoms. The Hall–Kier alpha value is -0.770. The van der Waals surface area contributed by atoms with Crippen molar-refractivity contribution >= 4 is 27.5 Å². The van der Waals surface area contributed by atoms with Crippen LogP contribution in [0, 0.1) is 6.92 Å². The minimum absolute atomic E-state index is 0.0391. The highest BCUT2D eigenvalue weighted by molar-refractivity contribution is 9.10. The monoisotopic (exact) mass is 313 g/mol. The number of furan rings is 1. The Morgan fingerprint density at radius 2 is 2.06 bits per heavy atom. The molecule has 0 amide bonds. The zero-order valence-electron chi connectivity index (χ0n) is 9.63. The molecule has 4 heteroatoms. The van der Waals surface area contributed by atoms with Gasteiger partial charge in [-0.25, -0.2) is 0 Å². The molecule has 0 saturated carbocycles. The molecule has 2 rings (SSSR count). The van der Waals surface area contributed by atoms with Crippen LogP contribution in [-0.2, 0) is 0 Å². The molecule has 0 aliphatic heterocycles. The van der Waals surface area contributed by atoms with E-state index in [0.717, 1.165) is 21.6 Å². The van der Waals surface area contributed by atoms with Gasteiger partial charge in [0.25, 0.3) is 0 Å². The molecule has 1 N–H and O–H groups in total. The van der Waals surface area contributed by atoms with Gasteiger partial charge in [0, 0.05) is 4.47 Å². The fourth-order valence-electron chi connectivity index (χ4n) is 1.77. The second-order valence-corrected chi connectivity index (χ2v) is 5.11. The van der Waals surface area contributed by atoms with E-state index in [0.29, 0.717) is 5.02 Å². The van der Waals surface area contributed by atoms with Gasteiger partial charge in [0.2, 0.25) is 0 Å². The predicted molar refractivity (Wildman–Crippen MR) is 73.5 cm³/mol. The molecular formula is C13H13BrClNO. The van der Waals surface area contributed by atoms with Crippen LogP contribution in [0.4, 0.5) is 0 Å². The van der Waals surface area contributed by atoms with Gasteiger partial charge in [-0.3, -0.25) is 0 Å². The number of hydrogen-bond acceptors (Lipinski definition) is 2. The number of aryl methyl sites for hydroxylation is 1. The van der Waals surface area contributed by atoms with Gasteiger partial charge >= 0.3 is 0 Å². The first-order valence-corrected chi connectivity index (χ1v) is 6.47. The fourth-order valence-corrected chi connectivity index (χ4v) is 2.29. The van der Waals surface area contributed by atoms with Crippen molar-refractivity contribution in [1.82, 2.24) is 5.32 Å². The van der Waals surface area contributed by atoms with Crippen LogP contribution in [0.15, 0.2) is 39.2 Å². The summed E-state index contributed by atoms with van der Waals surface area (Å²) in [4.78, 5) is 0. The van der Waals surface area contributed by atoms with Crippen molar-refractivity contribution in [2.45, 2.75) is 13.0 Å². The zero-order valence-corrected chi connectivity index (χ0v) is 12.0. The van der Waals surface area contributed by atoms with Gasteiger partial charge < -0.3 is 9.73 Å². The molecule has 0 aliphatic carbocycles. The van der Waals surface area contributed by atoms with E-state index in [4.69, 9.17) is 16.0 Å². The highest BCUT2D eigenvalue weighted by Gasteiger charge is 2.16. The topological polar surface area (TPSA) is 25.2 Å². The first-order chi connectivity index (χ1) is 8.11. The standard InChI is InChI=1S/C13H13BrClNO/c1-8-3-6-12(17-8)13(16-2)9-4-5-11(15)10(14)7-9/h3-7,13,16H,1-2H3. The summed E-state index contributed by atoms with van der Waals surface area (Å²) in [6, 6.07) is 9.86. The maximum Gasteiger partial charge on any atom is 0.125 e. The van der Waals surface area contributed by atoms with Gasteiger partial charge in [0.1, 0.15) is 11.5 Å². The average Bonchev–Trinajstić information content (AvgIpc) is 2.71. The van der Waals surface area contributed by atoms with Crippen molar-refractivity contribution in [1.29, 1.82) is 0 Å². The largest absolute Gasteiger partial charge is 0.464 e. The minimum atomic E-state index is 0.0391. The highest BCUT2D eigenvalue weighted by Crippen LogP contribution is 2.29. The van der Waals surface area contributed by atoms with E-state index < -0.39 is 0 Å². The van der Waals surface area contributed by atoms with Gasteiger partial charge in [0.05, 0.1) is 11.1 Å². The molecule has 90 valence electrons. The first kappa shape index (κ1) is 12.7. The van der Waals surface area contributed by atoms with Crippen molar-refractivity contribution in [3.63, 3.8) is 0 Å². The van der Waals surface area contributed by atoms with Crippen LogP contribution in [-0.4, -0.2) is 7.05 Å². The highest BCUT2D eigenvalue weighted by atomic mass is 79.9. The number of hydrogen-bond donors (Lipinski definition) is 1. The lowest BCUT2D eigenvalue weighted by Crippen LogP contribution is -2.16. The third-order valence-electron chi connectivity index (χ3n) is 2.61. The second-order valence-electron chi connectivity index (χ2n) is 3.84. The molecule has 0 aliphatic rings. The molecule has 1 atom stereocenters. The van der Waals surface area contributed by atoms with Crippen LogP contribution in [0.3, 0.4) is 0 Å². The lowest BCUT2D eigenvalue weighted by Gasteiger charge is -2.14. The lowest BCUT2D eigenvalue weighted by atomic mass is 10.1. The third kappa shape index (κ3) is 2.73. The number of rotatable bonds is 3. The van der Waals surface area contributed by atoms with E-state index in [1.54, 1.807) is 0 Å². The van der Waals surface area contributed by atoms with E-state index in [1.165, 1.54) is 0 Å². The van der Waals surface area contributed by atoms with E-state index in [2.05, 4.69) is 21.2 Å². The van der Waals surface area contributed by atoms with Crippen molar-refractivity contribution in [3.8, 4) is 0 Å². The van der Waals surface area contributed by atoms with Crippen LogP contribution in [0.1, 0.15) is 23.1 Å². The molecule has 1 aromatic carbocycles. The van der Waals surface area contributed by atoms with Crippen LogP contribution in [0.25, 0.3) is 0 Å². The molecule has 2 nitrogen and oxygen atoms in total. The Morgan fingerprint density at radius 3 is 2.59 bits per heavy atom. The van der Waals surface area contributed by atoms with E-state index in [1.807, 2.05) is 44.3 Å². The summed E-state index contributed by atoms with van der Waals surface area (Å²) in [6.45, 7) is 1.94. The second kappa shape index (κ2) is 5.25. The third-order valence-corrected chi connectivity index (χ3v) is 3.83. The molecule has 0 radical (unpaired) electrons. The Balaban J connectivity index is 2.38. The van der Waals surface area contributed by atoms with Gasteiger partial charge in [-0.05, 0) is 59.7 Å². The number of benzene rings is 1. The smallest absolute Gasteiger partial charge is 0.125 e. The molecule has 0 fully saturated rings. The summed E-state index contributed by atoms with van der Waals surface area (Å²) in [5, 5.41) is 3.94. The zero-order chi connectivity index (χ0) is 12.4. The lowest BCUT2D eigenvalue weighted by molar-refractivity contribution is 0.444. The van der Waals surface area contributed by atoms with Crippen LogP contribution in [0.2, 0.25) is 5.02 Å². The summed E-state index contributed by atoms with van der Waals surface area (Å²) < 4.78 is 6.54. The Labute approximate surface area is 114 Å². The summed E-state index contributed by atoms with van der Waals surface area (Å²) in [6.07, 6.45) is 0. The van der Waals surface area contributed by atoms with Gasteiger partial charge in [-0.1, -0.05) is 17.7 Å². The van der Waals surface area contributed by atoms with Crippen molar-refractivity contribution in [2.75, 3.05) is 7.05 Å². The van der Waals surface area contributed by atoms with E-state index >= 15 is 0 Å². The van der Waals surface area contributed by atoms with E-state index in [-0.39, 0.29) is 6.04 Å². The number of halogens is 2. The van der Waals surface area contributed by atoms with Gasteiger partial charge in [-0.15, -0.1) is 0 Å². The van der Waals surface area contributed by atoms with Crippen molar-refractivity contribution in [3.05, 3.63) is 56.9 Å². The molecule has 1 aromatic heterocycles. The Morgan fingerprint density at radius 1 is 1.29 bits per heavy atom. The maximum absolute atomic E-state index is 5.99. The summed E-state index contributed by atoms with van der Waals surface area (Å²) in [5.74, 6) is 1.81. The maximum atomic E-state index is 5.99. The quantitative estimate of drug-likeness (QED) is 0.913. The summed E-state index contributed by atoms with van der Waals surface area (Å²) in [5.41, 5.74) is 1.11. The SMILES string of the molecule is CNC(c1ccc(Cl)c(Br)c1)c1ccc(C)o1. The van der Waals surface area contributed by atoms with Crippen LogP contribution >= 0.6 is 27.5 Å². The summed E-state index contributed by atoms with van der Waals surface area (Å²) >= 11 is 9.42. The molecule has 0 saturated heterocycles. The summed E-state index contributed by atoms with van der Waals surface area (Å²) in [7, 11) is 1.91. The molecular weight excluding hydrogens is 302 g/mol. The average molecular weight is 315 g/mol. The molecule has 1 heterocycles. The van der Waals surface area contributed by atoms with Gasteiger partial charge in [-0.2, -0.15) is 0 Å². The van der Waals surface area contributed by atoms with Crippen molar-refractivity contribution < 1.29 is 4.42 Å². The molecule has 0 spiro atoms. The normalized spacial score (nSPS) is 12.7. The van der Waals surface area contributed by atoms with Crippen molar-refractivity contribution in [2.24, 2.45) is 0 Å². The Bertz CT molecular complexity index is 524. The van der Waals surface area contributed by atoms with Gasteiger partial charge in [0.15, 0.2) is 0 Å². The molecule has 1 unspecified atom stereocenters. The first-order valence-electron chi connectivity index (χ1n) is 5.30. The predicted octanol–water partition coefficient (Wildman–Crippen LogP) is 4.31. The van der Waals surface area contributed by atoms with Crippen LogP contribution in [0.5, 0.6) is 0 Å². The number of nitrogens with one attached hydrogen (secondary N) is 1. The molecule has 2 aromatic rings.